The third-order valence-corrected chi connectivity index (χ3v) is 7.70. The number of nitrogens with zero attached hydrogens (tertiary/aromatic N) is 4. The van der Waals surface area contributed by atoms with Gasteiger partial charge in [0.1, 0.15) is 5.69 Å². The first-order chi connectivity index (χ1) is 21.9. The molecule has 2 heterocycles. The van der Waals surface area contributed by atoms with Gasteiger partial charge < -0.3 is 10.0 Å². The van der Waals surface area contributed by atoms with Crippen molar-refractivity contribution in [1.29, 1.82) is 5.41 Å². The van der Waals surface area contributed by atoms with Gasteiger partial charge in [-0.3, -0.25) is 9.78 Å². The smallest absolute Gasteiger partial charge is 0.241 e. The van der Waals surface area contributed by atoms with E-state index in [0.717, 1.165) is 66.8 Å². The van der Waals surface area contributed by atoms with Gasteiger partial charge >= 0.3 is 0 Å². The van der Waals surface area contributed by atoms with E-state index in [2.05, 4.69) is 48.5 Å². The predicted molar refractivity (Wildman–Crippen MR) is 182 cm³/mol. The molecule has 4 aromatic rings. The first kappa shape index (κ1) is 34.8. The van der Waals surface area contributed by atoms with Crippen molar-refractivity contribution in [3.8, 4) is 11.1 Å². The first-order valence-electron chi connectivity index (χ1n) is 15.7. The maximum Gasteiger partial charge on any atom is 0.241 e. The van der Waals surface area contributed by atoms with Crippen LogP contribution in [0.4, 0.5) is 5.69 Å². The van der Waals surface area contributed by atoms with E-state index in [1.165, 1.54) is 21.4 Å². The van der Waals surface area contributed by atoms with Gasteiger partial charge in [-0.15, -0.1) is 4.70 Å². The van der Waals surface area contributed by atoms with Gasteiger partial charge in [-0.2, -0.15) is 5.41 Å². The number of aromatic nitrogens is 1. The molecule has 4 N–H and O–H groups in total. The lowest BCUT2D eigenvalue weighted by Gasteiger charge is -2.32. The van der Waals surface area contributed by atoms with Gasteiger partial charge in [0, 0.05) is 54.2 Å². The number of carbonyl (C=O) groups excluding carboxylic acids is 1. The summed E-state index contributed by atoms with van der Waals surface area (Å²) < 4.78 is 1.33. The van der Waals surface area contributed by atoms with Crippen molar-refractivity contribution in [2.75, 3.05) is 19.7 Å². The molecular formula is C37H47N6O2+. The Hall–Kier alpha value is -4.69. The summed E-state index contributed by atoms with van der Waals surface area (Å²) in [5.74, 6) is 5.94. The standard InChI is InChI=1S/C28H32N6O2.C7H8.C2H6/c1-20-5-8-27(34(19-29)32-30)26(15-20)24-6-7-25(31-18-24)17-21-3-2-4-23(16-21)22-9-12-33(13-10-22)28(36)11-14-35;1-7-5-3-2-4-6-7;1-2/h2-8,15-16,18-19,22,29-30,35H,9-14,17H2,1H3;2-6H,1H3;1-2H3/p+1. The van der Waals surface area contributed by atoms with Gasteiger partial charge in [-0.1, -0.05) is 91.7 Å². The Kier molecular flexibility index (Phi) is 14.1. The predicted octanol–water partition coefficient (Wildman–Crippen LogP) is 7.33. The third kappa shape index (κ3) is 10.2. The second-order valence-electron chi connectivity index (χ2n) is 10.9. The number of nitrogens with two attached hydrogens (primary N) is 1. The van der Waals surface area contributed by atoms with E-state index in [0.29, 0.717) is 5.92 Å². The first-order valence-corrected chi connectivity index (χ1v) is 15.7. The monoisotopic (exact) mass is 607 g/mol. The molecule has 236 valence electrons. The van der Waals surface area contributed by atoms with Crippen molar-refractivity contribution in [3.05, 3.63) is 119 Å². The van der Waals surface area contributed by atoms with E-state index in [1.54, 1.807) is 0 Å². The maximum atomic E-state index is 12.0. The molecular weight excluding hydrogens is 560 g/mol. The number of hydrogen-bond donors (Lipinski definition) is 3. The van der Waals surface area contributed by atoms with Crippen molar-refractivity contribution in [2.45, 2.75) is 59.3 Å². The number of benzene rings is 3. The molecule has 0 atom stereocenters. The Morgan fingerprint density at radius 2 is 1.73 bits per heavy atom. The minimum Gasteiger partial charge on any atom is -0.396 e. The van der Waals surface area contributed by atoms with Gasteiger partial charge in [-0.05, 0) is 61.9 Å². The Bertz CT molecular complexity index is 1530. The quantitative estimate of drug-likeness (QED) is 0.0485. The number of aliphatic hydroxyl groups excluding tert-OH is 1. The topological polar surface area (TPSA) is 119 Å². The average Bonchev–Trinajstić information content (AvgIpc) is 3.08. The van der Waals surface area contributed by atoms with Crippen molar-refractivity contribution in [3.63, 3.8) is 0 Å². The highest BCUT2D eigenvalue weighted by molar-refractivity contribution is 5.76. The van der Waals surface area contributed by atoms with Gasteiger partial charge in [0.2, 0.25) is 12.2 Å². The summed E-state index contributed by atoms with van der Waals surface area (Å²) in [5.41, 5.74) is 8.48. The van der Waals surface area contributed by atoms with E-state index in [4.69, 9.17) is 21.3 Å². The van der Waals surface area contributed by atoms with Gasteiger partial charge in [0.25, 0.3) is 0 Å². The van der Waals surface area contributed by atoms with E-state index >= 15 is 0 Å². The second-order valence-corrected chi connectivity index (χ2v) is 10.9. The van der Waals surface area contributed by atoms with Crippen molar-refractivity contribution in [2.24, 2.45) is 11.1 Å². The third-order valence-electron chi connectivity index (χ3n) is 7.70. The number of pyridine rings is 1. The van der Waals surface area contributed by atoms with E-state index in [1.807, 2.05) is 80.4 Å². The fraction of sp³-hybridized carbons (Fsp3) is 0.324. The lowest BCUT2D eigenvalue weighted by Crippen LogP contribution is -2.38. The second kappa shape index (κ2) is 18.2. The molecule has 0 spiro atoms. The highest BCUT2D eigenvalue weighted by Crippen LogP contribution is 2.32. The number of rotatable bonds is 8. The van der Waals surface area contributed by atoms with Crippen LogP contribution < -0.4 is 5.84 Å². The minimum absolute atomic E-state index is 0.0416. The molecule has 0 saturated carbocycles. The molecule has 1 aliphatic heterocycles. The molecule has 3 aromatic carbocycles. The number of likely N-dealkylation sites (tertiary alicyclic amines) is 1. The van der Waals surface area contributed by atoms with E-state index in [9.17, 15) is 4.79 Å². The van der Waals surface area contributed by atoms with Crippen LogP contribution in [0.15, 0.2) is 96.3 Å². The Morgan fingerprint density at radius 3 is 2.31 bits per heavy atom. The van der Waals surface area contributed by atoms with Crippen LogP contribution in [0, 0.1) is 19.3 Å². The molecule has 0 unspecified atom stereocenters. The van der Waals surface area contributed by atoms with E-state index < -0.39 is 0 Å². The molecule has 5 rings (SSSR count). The van der Waals surface area contributed by atoms with Crippen molar-refractivity contribution in [1.82, 2.24) is 9.88 Å². The zero-order chi connectivity index (χ0) is 32.6. The summed E-state index contributed by atoms with van der Waals surface area (Å²) in [6.45, 7) is 9.50. The molecule has 0 radical (unpaired) electrons. The zero-order valence-electron chi connectivity index (χ0n) is 27.0. The van der Waals surface area contributed by atoms with Crippen LogP contribution in [0.5, 0.6) is 0 Å². The highest BCUT2D eigenvalue weighted by atomic mass is 16.3. The molecule has 8 nitrogen and oxygen atoms in total. The summed E-state index contributed by atoms with van der Waals surface area (Å²) in [6.07, 6.45) is 5.76. The Balaban J connectivity index is 0.000000534. The number of carbonyl (C=O) groups is 1. The fourth-order valence-corrected chi connectivity index (χ4v) is 5.35. The Morgan fingerprint density at radius 1 is 1.00 bits per heavy atom. The van der Waals surface area contributed by atoms with Crippen molar-refractivity contribution < 1.29 is 14.6 Å². The molecule has 1 amide bonds. The van der Waals surface area contributed by atoms with Crippen LogP contribution in [0.1, 0.15) is 67.0 Å². The molecule has 1 aliphatic rings. The number of aryl methyl sites for hydroxylation is 2. The molecule has 1 saturated heterocycles. The number of piperidine rings is 1. The molecule has 45 heavy (non-hydrogen) atoms. The number of nitrogens with one attached hydrogen (secondary N) is 1. The van der Waals surface area contributed by atoms with Crippen molar-refractivity contribution >= 4 is 17.9 Å². The van der Waals surface area contributed by atoms with Gasteiger partial charge in [0.05, 0.1) is 6.61 Å². The summed E-state index contributed by atoms with van der Waals surface area (Å²) in [5, 5.41) is 20.3. The molecule has 1 fully saturated rings. The number of aliphatic hydroxyl groups is 1. The number of hydrogen-bond acceptors (Lipinski definition) is 5. The molecule has 8 heteroatoms. The van der Waals surface area contributed by atoms with Crippen LogP contribution >= 0.6 is 0 Å². The van der Waals surface area contributed by atoms with E-state index in [-0.39, 0.29) is 18.9 Å². The van der Waals surface area contributed by atoms with Crippen LogP contribution in [-0.2, 0) is 11.2 Å². The maximum absolute atomic E-state index is 12.0. The zero-order valence-corrected chi connectivity index (χ0v) is 27.0. The SMILES string of the molecule is CC.Cc1ccc([N+](C=N)=NN)c(-c2ccc(Cc3cccc(C4CCN(C(=O)CCO)CC4)c3)nc2)c1.Cc1ccccc1. The average molecular weight is 608 g/mol. The van der Waals surface area contributed by atoms with Crippen LogP contribution in [-0.4, -0.2) is 51.6 Å². The number of amides is 1. The summed E-state index contributed by atoms with van der Waals surface area (Å²) in [7, 11) is 0. The summed E-state index contributed by atoms with van der Waals surface area (Å²) in [4.78, 5) is 18.6. The minimum atomic E-state index is -0.0896. The largest absolute Gasteiger partial charge is 0.396 e. The molecule has 1 aromatic heterocycles. The van der Waals surface area contributed by atoms with Crippen LogP contribution in [0.25, 0.3) is 11.1 Å². The normalized spacial score (nSPS) is 13.2. The Labute approximate surface area is 267 Å². The molecule has 0 bridgehead atoms. The van der Waals surface area contributed by atoms with Crippen LogP contribution in [0.2, 0.25) is 0 Å². The highest BCUT2D eigenvalue weighted by Gasteiger charge is 2.23. The van der Waals surface area contributed by atoms with Crippen LogP contribution in [0.3, 0.4) is 0 Å². The van der Waals surface area contributed by atoms with Gasteiger partial charge in [-0.25, -0.2) is 5.84 Å². The lowest BCUT2D eigenvalue weighted by molar-refractivity contribution is -0.383. The fourth-order valence-electron chi connectivity index (χ4n) is 5.35. The summed E-state index contributed by atoms with van der Waals surface area (Å²) in [6, 6.07) is 28.9. The molecule has 0 aliphatic carbocycles. The lowest BCUT2D eigenvalue weighted by atomic mass is 9.88. The van der Waals surface area contributed by atoms with Gasteiger partial charge in [0.15, 0.2) is 0 Å². The summed E-state index contributed by atoms with van der Waals surface area (Å²) >= 11 is 0.